The molecule has 0 spiro atoms. The van der Waals surface area contributed by atoms with Gasteiger partial charge in [0.15, 0.2) is 0 Å². The summed E-state index contributed by atoms with van der Waals surface area (Å²) < 4.78 is 0. The zero-order valence-electron chi connectivity index (χ0n) is 11.9. The van der Waals surface area contributed by atoms with E-state index in [4.69, 9.17) is 5.73 Å². The molecule has 2 unspecified atom stereocenters. The molecule has 3 N–H and O–H groups in total. The van der Waals surface area contributed by atoms with Crippen LogP contribution >= 0.6 is 0 Å². The van der Waals surface area contributed by atoms with Gasteiger partial charge in [-0.3, -0.25) is 19.3 Å². The zero-order chi connectivity index (χ0) is 15.4. The number of imide groups is 1. The molecule has 6 heteroatoms. The van der Waals surface area contributed by atoms with Crippen LogP contribution in [0.2, 0.25) is 0 Å². The van der Waals surface area contributed by atoms with Crippen LogP contribution in [0, 0.1) is 5.92 Å². The summed E-state index contributed by atoms with van der Waals surface area (Å²) in [5.74, 6) is -1.36. The summed E-state index contributed by atoms with van der Waals surface area (Å²) in [6.07, 6.45) is 0.525. The van der Waals surface area contributed by atoms with Crippen molar-refractivity contribution in [1.29, 1.82) is 0 Å². The maximum Gasteiger partial charge on any atom is 0.252 e. The van der Waals surface area contributed by atoms with Crippen LogP contribution < -0.4 is 11.1 Å². The molecule has 3 amide bonds. The summed E-state index contributed by atoms with van der Waals surface area (Å²) >= 11 is 0. The summed E-state index contributed by atoms with van der Waals surface area (Å²) in [5.41, 5.74) is 6.67. The van der Waals surface area contributed by atoms with Crippen LogP contribution in [0.1, 0.15) is 12.0 Å². The molecule has 0 radical (unpaired) electrons. The molecule has 6 nitrogen and oxygen atoms in total. The van der Waals surface area contributed by atoms with Crippen molar-refractivity contribution < 1.29 is 14.4 Å². The van der Waals surface area contributed by atoms with Crippen molar-refractivity contribution in [3.05, 3.63) is 35.9 Å². The van der Waals surface area contributed by atoms with E-state index in [1.165, 1.54) is 7.05 Å². The van der Waals surface area contributed by atoms with Crippen LogP contribution in [-0.2, 0) is 20.8 Å². The van der Waals surface area contributed by atoms with Crippen molar-refractivity contribution in [2.75, 3.05) is 13.6 Å². The molecule has 1 fully saturated rings. The molecule has 0 bridgehead atoms. The third-order valence-corrected chi connectivity index (χ3v) is 3.68. The minimum absolute atomic E-state index is 0.0176. The molecule has 2 atom stereocenters. The van der Waals surface area contributed by atoms with Gasteiger partial charge in [0.05, 0.1) is 12.3 Å². The van der Waals surface area contributed by atoms with Gasteiger partial charge in [0, 0.05) is 13.6 Å². The Labute approximate surface area is 123 Å². The lowest BCUT2D eigenvalue weighted by Gasteiger charge is -2.17. The molecule has 1 aromatic carbocycles. The van der Waals surface area contributed by atoms with Crippen molar-refractivity contribution in [1.82, 2.24) is 10.2 Å². The van der Waals surface area contributed by atoms with E-state index in [-0.39, 0.29) is 30.7 Å². The minimum Gasteiger partial charge on any atom is -0.343 e. The first-order valence-electron chi connectivity index (χ1n) is 6.87. The monoisotopic (exact) mass is 289 g/mol. The van der Waals surface area contributed by atoms with Gasteiger partial charge in [0.25, 0.3) is 5.91 Å². The van der Waals surface area contributed by atoms with Crippen molar-refractivity contribution in [3.63, 3.8) is 0 Å². The highest BCUT2D eigenvalue weighted by atomic mass is 16.2. The third kappa shape index (κ3) is 3.46. The molecule has 112 valence electrons. The van der Waals surface area contributed by atoms with E-state index in [9.17, 15) is 14.4 Å². The standard InChI is InChI=1S/C15H19N3O3/c1-18-13(19)8-12(15(18)21)17-14(20)11(9-16)7-10-5-3-2-4-6-10/h2-6,11-12H,7-9,16H2,1H3,(H,17,20). The van der Waals surface area contributed by atoms with Gasteiger partial charge in [-0.2, -0.15) is 0 Å². The van der Waals surface area contributed by atoms with E-state index in [0.717, 1.165) is 10.5 Å². The summed E-state index contributed by atoms with van der Waals surface area (Å²) in [7, 11) is 1.42. The predicted molar refractivity (Wildman–Crippen MR) is 77.0 cm³/mol. The highest BCUT2D eigenvalue weighted by Gasteiger charge is 2.37. The third-order valence-electron chi connectivity index (χ3n) is 3.68. The van der Waals surface area contributed by atoms with Crippen LogP contribution in [-0.4, -0.2) is 42.3 Å². The Morgan fingerprint density at radius 3 is 2.57 bits per heavy atom. The number of amides is 3. The Bertz CT molecular complexity index is 544. The number of likely N-dealkylation sites (N-methyl/N-ethyl adjacent to an activating group) is 1. The van der Waals surface area contributed by atoms with Gasteiger partial charge in [0.2, 0.25) is 11.8 Å². The van der Waals surface area contributed by atoms with Gasteiger partial charge >= 0.3 is 0 Å². The van der Waals surface area contributed by atoms with Crippen LogP contribution in [0.3, 0.4) is 0 Å². The molecule has 21 heavy (non-hydrogen) atoms. The van der Waals surface area contributed by atoms with Gasteiger partial charge in [0.1, 0.15) is 6.04 Å². The van der Waals surface area contributed by atoms with Crippen LogP contribution in [0.4, 0.5) is 0 Å². The number of nitrogens with zero attached hydrogens (tertiary/aromatic N) is 1. The average Bonchev–Trinajstić information content (AvgIpc) is 2.73. The summed E-state index contributed by atoms with van der Waals surface area (Å²) in [4.78, 5) is 36.5. The zero-order valence-corrected chi connectivity index (χ0v) is 11.9. The molecule has 1 aromatic rings. The fourth-order valence-electron chi connectivity index (χ4n) is 2.34. The van der Waals surface area contributed by atoms with E-state index in [2.05, 4.69) is 5.32 Å². The SMILES string of the molecule is CN1C(=O)CC(NC(=O)C(CN)Cc2ccccc2)C1=O. The van der Waals surface area contributed by atoms with E-state index in [0.29, 0.717) is 6.42 Å². The van der Waals surface area contributed by atoms with Crippen molar-refractivity contribution in [2.24, 2.45) is 11.7 Å². The first-order valence-corrected chi connectivity index (χ1v) is 6.87. The lowest BCUT2D eigenvalue weighted by atomic mass is 9.98. The topological polar surface area (TPSA) is 92.5 Å². The van der Waals surface area contributed by atoms with E-state index in [1.54, 1.807) is 0 Å². The van der Waals surface area contributed by atoms with Crippen LogP contribution in [0.25, 0.3) is 0 Å². The molecule has 2 rings (SSSR count). The van der Waals surface area contributed by atoms with Crippen LogP contribution in [0.15, 0.2) is 30.3 Å². The number of nitrogens with two attached hydrogens (primary N) is 1. The molecule has 0 saturated carbocycles. The second-order valence-electron chi connectivity index (χ2n) is 5.18. The lowest BCUT2D eigenvalue weighted by molar-refractivity contribution is -0.138. The average molecular weight is 289 g/mol. The number of rotatable bonds is 5. The molecule has 0 aliphatic carbocycles. The molecule has 1 heterocycles. The maximum absolute atomic E-state index is 12.2. The first-order chi connectivity index (χ1) is 10.0. The number of likely N-dealkylation sites (tertiary alicyclic amines) is 1. The van der Waals surface area contributed by atoms with Gasteiger partial charge in [-0.25, -0.2) is 0 Å². The van der Waals surface area contributed by atoms with Gasteiger partial charge in [-0.15, -0.1) is 0 Å². The molecule has 1 saturated heterocycles. The minimum atomic E-state index is -0.764. The quantitative estimate of drug-likeness (QED) is 0.726. The number of hydrogen-bond donors (Lipinski definition) is 2. The number of carbonyl (C=O) groups excluding carboxylic acids is 3. The first kappa shape index (κ1) is 15.2. The Hall–Kier alpha value is -2.21. The number of hydrogen-bond acceptors (Lipinski definition) is 4. The summed E-state index contributed by atoms with van der Waals surface area (Å²) in [5, 5.41) is 2.63. The molecular weight excluding hydrogens is 270 g/mol. The summed E-state index contributed by atoms with van der Waals surface area (Å²) in [6.45, 7) is 0.186. The number of nitrogens with one attached hydrogen (secondary N) is 1. The van der Waals surface area contributed by atoms with Gasteiger partial charge in [-0.05, 0) is 12.0 Å². The molecule has 1 aliphatic rings. The lowest BCUT2D eigenvalue weighted by Crippen LogP contribution is -2.45. The molecule has 1 aliphatic heterocycles. The second kappa shape index (κ2) is 6.49. The predicted octanol–water partition coefficient (Wildman–Crippen LogP) is -0.322. The fourth-order valence-corrected chi connectivity index (χ4v) is 2.34. The van der Waals surface area contributed by atoms with Crippen molar-refractivity contribution in [3.8, 4) is 0 Å². The normalized spacial score (nSPS) is 19.7. The number of carbonyl (C=O) groups is 3. The Balaban J connectivity index is 1.98. The Kier molecular flexibility index (Phi) is 4.70. The molecular formula is C15H19N3O3. The Morgan fingerprint density at radius 1 is 1.38 bits per heavy atom. The smallest absolute Gasteiger partial charge is 0.252 e. The second-order valence-corrected chi connectivity index (χ2v) is 5.18. The van der Waals surface area contributed by atoms with Gasteiger partial charge in [-0.1, -0.05) is 30.3 Å². The van der Waals surface area contributed by atoms with Crippen LogP contribution in [0.5, 0.6) is 0 Å². The van der Waals surface area contributed by atoms with Crippen molar-refractivity contribution in [2.45, 2.75) is 18.9 Å². The molecule has 0 aromatic heterocycles. The Morgan fingerprint density at radius 2 is 2.05 bits per heavy atom. The van der Waals surface area contributed by atoms with E-state index >= 15 is 0 Å². The van der Waals surface area contributed by atoms with E-state index in [1.807, 2.05) is 30.3 Å². The maximum atomic E-state index is 12.2. The largest absolute Gasteiger partial charge is 0.343 e. The van der Waals surface area contributed by atoms with E-state index < -0.39 is 12.0 Å². The number of benzene rings is 1. The summed E-state index contributed by atoms with van der Waals surface area (Å²) in [6, 6.07) is 8.78. The highest BCUT2D eigenvalue weighted by Crippen LogP contribution is 2.13. The van der Waals surface area contributed by atoms with Crippen molar-refractivity contribution >= 4 is 17.7 Å². The fraction of sp³-hybridized carbons (Fsp3) is 0.400. The van der Waals surface area contributed by atoms with Gasteiger partial charge < -0.3 is 11.1 Å². The highest BCUT2D eigenvalue weighted by molar-refractivity contribution is 6.06.